The quantitative estimate of drug-likeness (QED) is 0.587. The van der Waals surface area contributed by atoms with Crippen LogP contribution in [-0.4, -0.2) is 58.0 Å². The van der Waals surface area contributed by atoms with E-state index in [0.29, 0.717) is 31.0 Å². The predicted octanol–water partition coefficient (Wildman–Crippen LogP) is 3.80. The van der Waals surface area contributed by atoms with Crippen molar-refractivity contribution in [3.8, 4) is 5.75 Å². The lowest BCUT2D eigenvalue weighted by Gasteiger charge is -2.34. The van der Waals surface area contributed by atoms with Gasteiger partial charge in [-0.3, -0.25) is 9.52 Å². The third-order valence-electron chi connectivity index (χ3n) is 7.77. The number of piperidine rings is 1. The second-order valence-electron chi connectivity index (χ2n) is 10.5. The number of fused-ring (bicyclic) bond motifs is 2. The minimum Gasteiger partial charge on any atom is -0.508 e. The lowest BCUT2D eigenvalue weighted by atomic mass is 9.70. The van der Waals surface area contributed by atoms with E-state index in [-0.39, 0.29) is 21.6 Å². The number of amides is 1. The van der Waals surface area contributed by atoms with Crippen molar-refractivity contribution in [1.29, 1.82) is 0 Å². The Morgan fingerprint density at radius 1 is 0.919 bits per heavy atom. The second kappa shape index (κ2) is 9.59. The van der Waals surface area contributed by atoms with E-state index in [1.54, 1.807) is 17.0 Å². The highest BCUT2D eigenvalue weighted by molar-refractivity contribution is 7.92. The number of nitrogens with one attached hydrogen (secondary N) is 1. The topological polar surface area (TPSA) is 124 Å². The zero-order valence-corrected chi connectivity index (χ0v) is 22.6. The molecule has 0 radical (unpaired) electrons. The molecule has 1 aliphatic carbocycles. The zero-order chi connectivity index (χ0) is 26.4. The third kappa shape index (κ3) is 5.08. The molecule has 0 atom stereocenters. The van der Waals surface area contributed by atoms with Gasteiger partial charge in [-0.1, -0.05) is 25.7 Å². The van der Waals surface area contributed by atoms with Gasteiger partial charge in [0.05, 0.1) is 11.2 Å². The number of sulfonamides is 2. The molecular formula is C26H33N3O6S2. The summed E-state index contributed by atoms with van der Waals surface area (Å²) in [6.07, 6.45) is 8.53. The standard InChI is InChI=1S/C26H33N3O6S2/c1-36(32,33)27-20-8-9-24-23(16-20)26(10-4-2-5-11-26)18-29(24)25(31)19-14-21(30)17-22(15-19)37(34,35)28-12-6-3-7-13-28/h8-9,14-17,27,30H,2-7,10-13,18H2,1H3. The van der Waals surface area contributed by atoms with Crippen LogP contribution in [0.2, 0.25) is 0 Å². The number of nitrogens with zero attached hydrogens (tertiary/aromatic N) is 2. The summed E-state index contributed by atoms with van der Waals surface area (Å²) in [7, 11) is -7.30. The van der Waals surface area contributed by atoms with Crippen LogP contribution in [-0.2, 0) is 25.5 Å². The highest BCUT2D eigenvalue weighted by Crippen LogP contribution is 2.50. The molecule has 1 amide bonds. The smallest absolute Gasteiger partial charge is 0.258 e. The first kappa shape index (κ1) is 26.0. The molecule has 3 aliphatic rings. The third-order valence-corrected chi connectivity index (χ3v) is 10.3. The van der Waals surface area contributed by atoms with Crippen LogP contribution in [0.3, 0.4) is 0 Å². The number of anilines is 2. The monoisotopic (exact) mass is 547 g/mol. The fourth-order valence-electron chi connectivity index (χ4n) is 6.05. The molecule has 200 valence electrons. The van der Waals surface area contributed by atoms with Crippen molar-refractivity contribution in [2.75, 3.05) is 35.5 Å². The average Bonchev–Trinajstić information content (AvgIpc) is 3.16. The first-order valence-corrected chi connectivity index (χ1v) is 16.1. The normalized spacial score (nSPS) is 20.1. The largest absolute Gasteiger partial charge is 0.508 e. The Kier molecular flexibility index (Phi) is 6.74. The highest BCUT2D eigenvalue weighted by atomic mass is 32.2. The first-order valence-electron chi connectivity index (χ1n) is 12.8. The van der Waals surface area contributed by atoms with E-state index in [1.807, 2.05) is 6.07 Å². The number of carbonyl (C=O) groups is 1. The first-order chi connectivity index (χ1) is 17.5. The van der Waals surface area contributed by atoms with Crippen LogP contribution in [0.25, 0.3) is 0 Å². The van der Waals surface area contributed by atoms with Gasteiger partial charge >= 0.3 is 0 Å². The van der Waals surface area contributed by atoms with E-state index < -0.39 is 26.0 Å². The Bertz CT molecular complexity index is 1430. The van der Waals surface area contributed by atoms with Crippen molar-refractivity contribution in [2.45, 2.75) is 61.7 Å². The van der Waals surface area contributed by atoms with Crippen LogP contribution in [0.1, 0.15) is 67.3 Å². The summed E-state index contributed by atoms with van der Waals surface area (Å²) in [4.78, 5) is 15.4. The van der Waals surface area contributed by atoms with E-state index in [9.17, 15) is 26.7 Å². The van der Waals surface area contributed by atoms with Crippen LogP contribution in [0.15, 0.2) is 41.3 Å². The number of hydrogen-bond donors (Lipinski definition) is 2. The Balaban J connectivity index is 1.52. The van der Waals surface area contributed by atoms with Crippen LogP contribution in [0, 0.1) is 0 Å². The van der Waals surface area contributed by atoms with Crippen LogP contribution < -0.4 is 9.62 Å². The van der Waals surface area contributed by atoms with Gasteiger partial charge in [0.1, 0.15) is 5.75 Å². The minimum absolute atomic E-state index is 0.0859. The van der Waals surface area contributed by atoms with Gasteiger partial charge in [-0.15, -0.1) is 0 Å². The zero-order valence-electron chi connectivity index (χ0n) is 20.9. The molecule has 2 aromatic carbocycles. The van der Waals surface area contributed by atoms with Crippen molar-refractivity contribution >= 4 is 37.3 Å². The number of aromatic hydroxyl groups is 1. The summed E-state index contributed by atoms with van der Waals surface area (Å²) in [5, 5.41) is 10.4. The molecule has 2 aromatic rings. The molecule has 5 rings (SSSR count). The Labute approximate surface area is 218 Å². The van der Waals surface area contributed by atoms with Crippen LogP contribution >= 0.6 is 0 Å². The minimum atomic E-state index is -3.84. The van der Waals surface area contributed by atoms with Gasteiger partial charge in [-0.2, -0.15) is 4.31 Å². The number of phenolic OH excluding ortho intramolecular Hbond substituents is 1. The maximum Gasteiger partial charge on any atom is 0.258 e. The van der Waals surface area contributed by atoms with Gasteiger partial charge in [-0.05, 0) is 67.6 Å². The summed E-state index contributed by atoms with van der Waals surface area (Å²) >= 11 is 0. The van der Waals surface area contributed by atoms with Gasteiger partial charge in [0, 0.05) is 42.0 Å². The van der Waals surface area contributed by atoms with Gasteiger partial charge in [-0.25, -0.2) is 16.8 Å². The molecular weight excluding hydrogens is 514 g/mol. The summed E-state index contributed by atoms with van der Waals surface area (Å²) < 4.78 is 54.1. The van der Waals surface area contributed by atoms with Crippen LogP contribution in [0.4, 0.5) is 11.4 Å². The summed E-state index contributed by atoms with van der Waals surface area (Å²) in [5.74, 6) is -0.667. The van der Waals surface area contributed by atoms with Crippen molar-refractivity contribution < 1.29 is 26.7 Å². The summed E-state index contributed by atoms with van der Waals surface area (Å²) in [6, 6.07) is 9.07. The molecule has 1 saturated carbocycles. The fourth-order valence-corrected chi connectivity index (χ4v) is 8.19. The molecule has 1 spiro atoms. The second-order valence-corrected chi connectivity index (χ2v) is 14.2. The highest BCUT2D eigenvalue weighted by Gasteiger charge is 2.45. The predicted molar refractivity (Wildman–Crippen MR) is 142 cm³/mol. The van der Waals surface area contributed by atoms with E-state index in [1.165, 1.54) is 22.5 Å². The van der Waals surface area contributed by atoms with E-state index >= 15 is 0 Å². The number of hydrogen-bond acceptors (Lipinski definition) is 6. The SMILES string of the molecule is CS(=O)(=O)Nc1ccc2c(c1)C1(CCCCC1)CN2C(=O)c1cc(O)cc(S(=O)(=O)N2CCCCC2)c1. The van der Waals surface area contributed by atoms with Gasteiger partial charge < -0.3 is 10.0 Å². The summed E-state index contributed by atoms with van der Waals surface area (Å²) in [5.41, 5.74) is 1.88. The van der Waals surface area contributed by atoms with Gasteiger partial charge in [0.2, 0.25) is 20.0 Å². The lowest BCUT2D eigenvalue weighted by Crippen LogP contribution is -2.38. The molecule has 0 aromatic heterocycles. The van der Waals surface area contributed by atoms with Crippen molar-refractivity contribution in [2.24, 2.45) is 0 Å². The number of rotatable bonds is 5. The number of phenols is 1. The lowest BCUT2D eigenvalue weighted by molar-refractivity contribution is 0.0981. The maximum atomic E-state index is 13.9. The molecule has 9 nitrogen and oxygen atoms in total. The molecule has 2 fully saturated rings. The number of benzene rings is 2. The van der Waals surface area contributed by atoms with E-state index in [0.717, 1.165) is 63.2 Å². The number of carbonyl (C=O) groups excluding carboxylic acids is 1. The molecule has 0 unspecified atom stereocenters. The molecule has 2 N–H and O–H groups in total. The van der Waals surface area contributed by atoms with Crippen molar-refractivity contribution in [3.05, 3.63) is 47.5 Å². The Morgan fingerprint density at radius 3 is 2.27 bits per heavy atom. The van der Waals surface area contributed by atoms with E-state index in [4.69, 9.17) is 0 Å². The van der Waals surface area contributed by atoms with Gasteiger partial charge in [0.15, 0.2) is 0 Å². The molecule has 1 saturated heterocycles. The molecule has 37 heavy (non-hydrogen) atoms. The van der Waals surface area contributed by atoms with Crippen molar-refractivity contribution in [1.82, 2.24) is 4.31 Å². The molecule has 0 bridgehead atoms. The van der Waals surface area contributed by atoms with Crippen LogP contribution in [0.5, 0.6) is 5.75 Å². The maximum absolute atomic E-state index is 13.9. The summed E-state index contributed by atoms with van der Waals surface area (Å²) in [6.45, 7) is 1.27. The van der Waals surface area contributed by atoms with Gasteiger partial charge in [0.25, 0.3) is 5.91 Å². The van der Waals surface area contributed by atoms with E-state index in [2.05, 4.69) is 4.72 Å². The Morgan fingerprint density at radius 2 is 1.59 bits per heavy atom. The van der Waals surface area contributed by atoms with Crippen molar-refractivity contribution in [3.63, 3.8) is 0 Å². The molecule has 11 heteroatoms. The molecule has 2 aliphatic heterocycles. The molecule has 2 heterocycles. The average molecular weight is 548 g/mol. The fraction of sp³-hybridized carbons (Fsp3) is 0.500. The Hall–Kier alpha value is -2.63.